The Kier molecular flexibility index (Phi) is 0.498. The number of hydrogen-bond acceptors (Lipinski definition) is 0. The van der Waals surface area contributed by atoms with Crippen molar-refractivity contribution in [2.45, 2.75) is 12.8 Å². The molecule has 0 heterocycles. The highest BCUT2D eigenvalue weighted by atomic mass is 14.2. The fourth-order valence-corrected chi connectivity index (χ4v) is 1.23. The third kappa shape index (κ3) is 0.317. The average Bonchev–Trinajstić information content (AvgIpc) is 1.85. The zero-order valence-corrected chi connectivity index (χ0v) is 4.22. The van der Waals surface area contributed by atoms with Crippen molar-refractivity contribution in [3.05, 3.63) is 23.8 Å². The van der Waals surface area contributed by atoms with Crippen molar-refractivity contribution in [2.75, 3.05) is 0 Å². The maximum Gasteiger partial charge on any atom is 0.00145 e. The van der Waals surface area contributed by atoms with Crippen LogP contribution in [0, 0.1) is 5.92 Å². The standard InChI is InChI=1S/C7H8/c1-2-6-4-5-7(6)3-1/h1-2,5-6H,3-4H2. The number of fused-ring (bicyclic) bond motifs is 1. The Labute approximate surface area is 43.5 Å². The normalized spacial score (nSPS) is 34.3. The van der Waals surface area contributed by atoms with E-state index in [-0.39, 0.29) is 0 Å². The van der Waals surface area contributed by atoms with Crippen molar-refractivity contribution in [1.82, 2.24) is 0 Å². The van der Waals surface area contributed by atoms with E-state index in [0.717, 1.165) is 5.92 Å². The van der Waals surface area contributed by atoms with E-state index in [2.05, 4.69) is 18.2 Å². The second-order valence-electron chi connectivity index (χ2n) is 2.25. The molecule has 0 fully saturated rings. The van der Waals surface area contributed by atoms with Crippen LogP contribution in [0.4, 0.5) is 0 Å². The monoisotopic (exact) mass is 92.1 g/mol. The molecule has 0 bridgehead atoms. The van der Waals surface area contributed by atoms with Gasteiger partial charge < -0.3 is 0 Å². The summed E-state index contributed by atoms with van der Waals surface area (Å²) in [6, 6.07) is 0. The van der Waals surface area contributed by atoms with Gasteiger partial charge in [-0.2, -0.15) is 0 Å². The van der Waals surface area contributed by atoms with Gasteiger partial charge in [-0.15, -0.1) is 0 Å². The smallest absolute Gasteiger partial charge is 0.00145 e. The molecule has 2 aliphatic rings. The Balaban J connectivity index is 2.36. The molecule has 2 aliphatic carbocycles. The highest BCUT2D eigenvalue weighted by molar-refractivity contribution is 5.31. The zero-order chi connectivity index (χ0) is 4.69. The van der Waals surface area contributed by atoms with E-state index in [1.807, 2.05) is 0 Å². The van der Waals surface area contributed by atoms with E-state index in [1.165, 1.54) is 12.8 Å². The van der Waals surface area contributed by atoms with Crippen LogP contribution >= 0.6 is 0 Å². The molecule has 1 unspecified atom stereocenters. The summed E-state index contributed by atoms with van der Waals surface area (Å²) in [5.74, 6) is 0.875. The van der Waals surface area contributed by atoms with Crippen LogP contribution in [-0.4, -0.2) is 0 Å². The molecule has 0 amide bonds. The first kappa shape index (κ1) is 3.48. The van der Waals surface area contributed by atoms with Crippen molar-refractivity contribution in [3.8, 4) is 0 Å². The molecule has 2 rings (SSSR count). The lowest BCUT2D eigenvalue weighted by molar-refractivity contribution is 0.704. The molecule has 0 spiro atoms. The van der Waals surface area contributed by atoms with Gasteiger partial charge in [-0.1, -0.05) is 23.8 Å². The number of allylic oxidation sites excluding steroid dienone is 4. The van der Waals surface area contributed by atoms with Gasteiger partial charge in [0.1, 0.15) is 0 Å². The van der Waals surface area contributed by atoms with Gasteiger partial charge in [-0.05, 0) is 12.8 Å². The molecule has 0 nitrogen and oxygen atoms in total. The fraction of sp³-hybridized carbons (Fsp3) is 0.429. The topological polar surface area (TPSA) is 0 Å². The van der Waals surface area contributed by atoms with Crippen LogP contribution in [0.5, 0.6) is 0 Å². The van der Waals surface area contributed by atoms with Gasteiger partial charge in [-0.3, -0.25) is 0 Å². The van der Waals surface area contributed by atoms with Crippen LogP contribution < -0.4 is 0 Å². The molecule has 0 radical (unpaired) electrons. The maximum atomic E-state index is 2.34. The van der Waals surface area contributed by atoms with Gasteiger partial charge in [0.25, 0.3) is 0 Å². The van der Waals surface area contributed by atoms with E-state index < -0.39 is 0 Å². The third-order valence-electron chi connectivity index (χ3n) is 1.83. The SMILES string of the molecule is C1=CC2CC=C2C1. The van der Waals surface area contributed by atoms with Gasteiger partial charge in [0.15, 0.2) is 0 Å². The number of hydrogen-bond donors (Lipinski definition) is 0. The Bertz CT molecular complexity index is 140. The summed E-state index contributed by atoms with van der Waals surface area (Å²) in [5.41, 5.74) is 1.65. The van der Waals surface area contributed by atoms with Crippen LogP contribution in [0.25, 0.3) is 0 Å². The minimum atomic E-state index is 0.875. The first-order valence-corrected chi connectivity index (χ1v) is 2.82. The van der Waals surface area contributed by atoms with Crippen molar-refractivity contribution in [1.29, 1.82) is 0 Å². The maximum absolute atomic E-state index is 2.34. The molecule has 0 aromatic rings. The lowest BCUT2D eigenvalue weighted by Gasteiger charge is -2.17. The highest BCUT2D eigenvalue weighted by Crippen LogP contribution is 2.35. The summed E-state index contributed by atoms with van der Waals surface area (Å²) >= 11 is 0. The largest absolute Gasteiger partial charge is 0.0838 e. The molecule has 0 aliphatic heterocycles. The molecule has 7 heavy (non-hydrogen) atoms. The summed E-state index contributed by atoms with van der Waals surface area (Å²) in [5, 5.41) is 0. The van der Waals surface area contributed by atoms with Crippen LogP contribution in [0.3, 0.4) is 0 Å². The van der Waals surface area contributed by atoms with E-state index in [4.69, 9.17) is 0 Å². The molecule has 36 valence electrons. The molecule has 0 aromatic heterocycles. The molecule has 0 N–H and O–H groups in total. The Morgan fingerprint density at radius 1 is 1.57 bits per heavy atom. The van der Waals surface area contributed by atoms with Crippen LogP contribution in [0.15, 0.2) is 23.8 Å². The van der Waals surface area contributed by atoms with E-state index in [0.29, 0.717) is 0 Å². The first-order chi connectivity index (χ1) is 3.47. The average molecular weight is 92.1 g/mol. The van der Waals surface area contributed by atoms with Crippen LogP contribution in [0.1, 0.15) is 12.8 Å². The minimum absolute atomic E-state index is 0.875. The van der Waals surface area contributed by atoms with Gasteiger partial charge in [0.05, 0.1) is 0 Å². The van der Waals surface area contributed by atoms with Crippen molar-refractivity contribution >= 4 is 0 Å². The third-order valence-corrected chi connectivity index (χ3v) is 1.83. The summed E-state index contributed by atoms with van der Waals surface area (Å²) in [7, 11) is 0. The molecule has 0 saturated carbocycles. The molecule has 0 aromatic carbocycles. The Morgan fingerprint density at radius 2 is 2.57 bits per heavy atom. The lowest BCUT2D eigenvalue weighted by Crippen LogP contribution is -2.03. The highest BCUT2D eigenvalue weighted by Gasteiger charge is 2.20. The van der Waals surface area contributed by atoms with E-state index >= 15 is 0 Å². The summed E-state index contributed by atoms with van der Waals surface area (Å²) in [6.07, 6.45) is 9.47. The van der Waals surface area contributed by atoms with Crippen molar-refractivity contribution in [2.24, 2.45) is 5.92 Å². The molecular formula is C7H8. The van der Waals surface area contributed by atoms with E-state index in [1.54, 1.807) is 5.57 Å². The molecule has 1 atom stereocenters. The first-order valence-electron chi connectivity index (χ1n) is 2.82. The second kappa shape index (κ2) is 1.00. The summed E-state index contributed by atoms with van der Waals surface area (Å²) in [6.45, 7) is 0. The van der Waals surface area contributed by atoms with Gasteiger partial charge in [-0.25, -0.2) is 0 Å². The van der Waals surface area contributed by atoms with Crippen molar-refractivity contribution < 1.29 is 0 Å². The van der Waals surface area contributed by atoms with Gasteiger partial charge >= 0.3 is 0 Å². The van der Waals surface area contributed by atoms with E-state index in [9.17, 15) is 0 Å². The molecule has 0 heteroatoms. The summed E-state index contributed by atoms with van der Waals surface area (Å²) < 4.78 is 0. The molecular weight excluding hydrogens is 84.1 g/mol. The zero-order valence-electron chi connectivity index (χ0n) is 4.22. The molecule has 0 saturated heterocycles. The van der Waals surface area contributed by atoms with Crippen LogP contribution in [-0.2, 0) is 0 Å². The van der Waals surface area contributed by atoms with Crippen molar-refractivity contribution in [3.63, 3.8) is 0 Å². The Hall–Kier alpha value is -0.520. The second-order valence-corrected chi connectivity index (χ2v) is 2.25. The fourth-order valence-electron chi connectivity index (χ4n) is 1.23. The predicted octanol–water partition coefficient (Wildman–Crippen LogP) is 1.89. The van der Waals surface area contributed by atoms with Gasteiger partial charge in [0.2, 0.25) is 0 Å². The lowest BCUT2D eigenvalue weighted by atomic mass is 9.88. The number of rotatable bonds is 0. The van der Waals surface area contributed by atoms with Gasteiger partial charge in [0, 0.05) is 5.92 Å². The van der Waals surface area contributed by atoms with Crippen LogP contribution in [0.2, 0.25) is 0 Å². The Morgan fingerprint density at radius 3 is 2.86 bits per heavy atom. The summed E-state index contributed by atoms with van der Waals surface area (Å²) in [4.78, 5) is 0. The minimum Gasteiger partial charge on any atom is -0.0838 e. The predicted molar refractivity (Wildman–Crippen MR) is 29.9 cm³/mol. The quantitative estimate of drug-likeness (QED) is 0.400.